The molecular formula is C20H18FN3O2. The highest BCUT2D eigenvalue weighted by molar-refractivity contribution is 6.03. The van der Waals surface area contributed by atoms with Gasteiger partial charge in [0.05, 0.1) is 30.4 Å². The Morgan fingerprint density at radius 3 is 2.58 bits per heavy atom. The number of pyridine rings is 1. The molecule has 2 N–H and O–H groups in total. The fourth-order valence-electron chi connectivity index (χ4n) is 2.43. The molecule has 0 unspecified atom stereocenters. The molecule has 6 heteroatoms. The van der Waals surface area contributed by atoms with Gasteiger partial charge in [-0.15, -0.1) is 0 Å². The lowest BCUT2D eigenvalue weighted by molar-refractivity contribution is 0.102. The number of carbonyl (C=O) groups is 1. The van der Waals surface area contributed by atoms with Crippen molar-refractivity contribution in [2.24, 2.45) is 0 Å². The molecule has 132 valence electrons. The van der Waals surface area contributed by atoms with Crippen LogP contribution in [0.5, 0.6) is 5.75 Å². The Kier molecular flexibility index (Phi) is 5.12. The fraction of sp³-hybridized carbons (Fsp3) is 0.100. The van der Waals surface area contributed by atoms with Gasteiger partial charge in [-0.05, 0) is 48.9 Å². The molecule has 1 amide bonds. The molecular weight excluding hydrogens is 333 g/mol. The summed E-state index contributed by atoms with van der Waals surface area (Å²) < 4.78 is 18.9. The molecule has 3 aromatic rings. The van der Waals surface area contributed by atoms with Crippen LogP contribution in [0.4, 0.5) is 21.5 Å². The summed E-state index contributed by atoms with van der Waals surface area (Å²) >= 11 is 0. The summed E-state index contributed by atoms with van der Waals surface area (Å²) in [6.45, 7) is 1.99. The van der Waals surface area contributed by atoms with Crippen LogP contribution >= 0.6 is 0 Å². The minimum atomic E-state index is -0.495. The molecule has 1 heterocycles. The van der Waals surface area contributed by atoms with E-state index in [1.165, 1.54) is 18.3 Å². The third-order valence-electron chi connectivity index (χ3n) is 3.75. The quantitative estimate of drug-likeness (QED) is 0.709. The van der Waals surface area contributed by atoms with Gasteiger partial charge in [0.1, 0.15) is 17.3 Å². The van der Waals surface area contributed by atoms with E-state index in [1.54, 1.807) is 31.4 Å². The van der Waals surface area contributed by atoms with Crippen LogP contribution in [0, 0.1) is 12.7 Å². The van der Waals surface area contributed by atoms with Gasteiger partial charge in [-0.3, -0.25) is 4.79 Å². The number of hydrogen-bond acceptors (Lipinski definition) is 4. The minimum Gasteiger partial charge on any atom is -0.495 e. The molecule has 0 atom stereocenters. The van der Waals surface area contributed by atoms with Gasteiger partial charge in [-0.2, -0.15) is 0 Å². The van der Waals surface area contributed by atoms with Gasteiger partial charge in [0, 0.05) is 0 Å². The van der Waals surface area contributed by atoms with E-state index < -0.39 is 11.7 Å². The van der Waals surface area contributed by atoms with E-state index in [0.29, 0.717) is 11.4 Å². The van der Waals surface area contributed by atoms with Gasteiger partial charge in [0.15, 0.2) is 0 Å². The fourth-order valence-corrected chi connectivity index (χ4v) is 2.43. The number of methoxy groups -OCH3 is 1. The molecule has 0 aliphatic carbocycles. The SMILES string of the molecule is COc1ccc(C)cc1Nc1ccc(C(=O)Nc2ccccc2F)nc1. The molecule has 0 spiro atoms. The summed E-state index contributed by atoms with van der Waals surface area (Å²) in [4.78, 5) is 16.3. The largest absolute Gasteiger partial charge is 0.495 e. The number of nitrogens with zero attached hydrogens (tertiary/aromatic N) is 1. The Labute approximate surface area is 150 Å². The molecule has 0 radical (unpaired) electrons. The predicted octanol–water partition coefficient (Wildman–Crippen LogP) is 4.53. The van der Waals surface area contributed by atoms with E-state index in [1.807, 2.05) is 25.1 Å². The number of rotatable bonds is 5. The zero-order valence-corrected chi connectivity index (χ0v) is 14.4. The first kappa shape index (κ1) is 17.4. The summed E-state index contributed by atoms with van der Waals surface area (Å²) in [5.41, 5.74) is 2.90. The number of hydrogen-bond donors (Lipinski definition) is 2. The van der Waals surface area contributed by atoms with Crippen molar-refractivity contribution in [3.05, 3.63) is 77.9 Å². The zero-order chi connectivity index (χ0) is 18.5. The molecule has 0 saturated heterocycles. The maximum Gasteiger partial charge on any atom is 0.274 e. The molecule has 0 fully saturated rings. The van der Waals surface area contributed by atoms with Crippen LogP contribution in [0.3, 0.4) is 0 Å². The lowest BCUT2D eigenvalue weighted by Crippen LogP contribution is -2.14. The number of benzene rings is 2. The second-order valence-electron chi connectivity index (χ2n) is 5.69. The van der Waals surface area contributed by atoms with Gasteiger partial charge in [-0.1, -0.05) is 18.2 Å². The Balaban J connectivity index is 1.73. The minimum absolute atomic E-state index is 0.117. The number of para-hydroxylation sites is 1. The van der Waals surface area contributed by atoms with Crippen molar-refractivity contribution in [2.75, 3.05) is 17.7 Å². The molecule has 0 aliphatic rings. The third kappa shape index (κ3) is 3.97. The van der Waals surface area contributed by atoms with Crippen LogP contribution in [0.2, 0.25) is 0 Å². The smallest absolute Gasteiger partial charge is 0.274 e. The van der Waals surface area contributed by atoms with Crippen LogP contribution in [0.15, 0.2) is 60.8 Å². The molecule has 0 aliphatic heterocycles. The van der Waals surface area contributed by atoms with Crippen molar-refractivity contribution in [2.45, 2.75) is 6.92 Å². The van der Waals surface area contributed by atoms with Crippen molar-refractivity contribution in [1.82, 2.24) is 4.98 Å². The van der Waals surface area contributed by atoms with E-state index in [-0.39, 0.29) is 11.4 Å². The maximum absolute atomic E-state index is 13.6. The van der Waals surface area contributed by atoms with Crippen LogP contribution < -0.4 is 15.4 Å². The van der Waals surface area contributed by atoms with Crippen molar-refractivity contribution < 1.29 is 13.9 Å². The topological polar surface area (TPSA) is 63.2 Å². The van der Waals surface area contributed by atoms with Gasteiger partial charge < -0.3 is 15.4 Å². The van der Waals surface area contributed by atoms with Crippen LogP contribution in [0.25, 0.3) is 0 Å². The first-order valence-corrected chi connectivity index (χ1v) is 8.00. The van der Waals surface area contributed by atoms with Crippen LogP contribution in [0.1, 0.15) is 16.1 Å². The number of ether oxygens (including phenoxy) is 1. The van der Waals surface area contributed by atoms with E-state index in [2.05, 4.69) is 15.6 Å². The number of carbonyl (C=O) groups excluding carboxylic acids is 1. The Hall–Kier alpha value is -3.41. The second-order valence-corrected chi connectivity index (χ2v) is 5.69. The highest BCUT2D eigenvalue weighted by Gasteiger charge is 2.11. The highest BCUT2D eigenvalue weighted by atomic mass is 19.1. The molecule has 5 nitrogen and oxygen atoms in total. The summed E-state index contributed by atoms with van der Waals surface area (Å²) in [6, 6.07) is 15.1. The van der Waals surface area contributed by atoms with Crippen molar-refractivity contribution in [3.8, 4) is 5.75 Å². The van der Waals surface area contributed by atoms with Crippen molar-refractivity contribution >= 4 is 23.0 Å². The van der Waals surface area contributed by atoms with Crippen LogP contribution in [-0.2, 0) is 0 Å². The summed E-state index contributed by atoms with van der Waals surface area (Å²) in [5, 5.41) is 5.71. The number of nitrogens with one attached hydrogen (secondary N) is 2. The summed E-state index contributed by atoms with van der Waals surface area (Å²) in [7, 11) is 1.60. The maximum atomic E-state index is 13.6. The van der Waals surface area contributed by atoms with Gasteiger partial charge in [0.2, 0.25) is 0 Å². The normalized spacial score (nSPS) is 10.3. The summed E-state index contributed by atoms with van der Waals surface area (Å²) in [6.07, 6.45) is 1.54. The zero-order valence-electron chi connectivity index (χ0n) is 14.4. The monoisotopic (exact) mass is 351 g/mol. The lowest BCUT2D eigenvalue weighted by Gasteiger charge is -2.12. The standard InChI is InChI=1S/C20H18FN3O2/c1-13-7-10-19(26-2)18(11-13)23-14-8-9-17(22-12-14)20(25)24-16-6-4-3-5-15(16)21/h3-12,23H,1-2H3,(H,24,25). The van der Waals surface area contributed by atoms with Gasteiger partial charge in [-0.25, -0.2) is 9.37 Å². The Bertz CT molecular complexity index is 927. The molecule has 3 rings (SSSR count). The van der Waals surface area contributed by atoms with Crippen LogP contribution in [-0.4, -0.2) is 18.0 Å². The number of aromatic nitrogens is 1. The Morgan fingerprint density at radius 1 is 1.08 bits per heavy atom. The number of anilines is 3. The molecule has 26 heavy (non-hydrogen) atoms. The first-order valence-electron chi connectivity index (χ1n) is 8.00. The van der Waals surface area contributed by atoms with Crippen molar-refractivity contribution in [3.63, 3.8) is 0 Å². The third-order valence-corrected chi connectivity index (χ3v) is 3.75. The number of aryl methyl sites for hydroxylation is 1. The van der Waals surface area contributed by atoms with Gasteiger partial charge in [0.25, 0.3) is 5.91 Å². The lowest BCUT2D eigenvalue weighted by atomic mass is 10.2. The van der Waals surface area contributed by atoms with Crippen molar-refractivity contribution in [1.29, 1.82) is 0 Å². The van der Waals surface area contributed by atoms with Gasteiger partial charge >= 0.3 is 0 Å². The Morgan fingerprint density at radius 2 is 1.88 bits per heavy atom. The molecule has 2 aromatic carbocycles. The highest BCUT2D eigenvalue weighted by Crippen LogP contribution is 2.28. The second kappa shape index (κ2) is 7.65. The molecule has 1 aromatic heterocycles. The molecule has 0 bridgehead atoms. The van der Waals surface area contributed by atoms with E-state index in [0.717, 1.165) is 11.3 Å². The predicted molar refractivity (Wildman–Crippen MR) is 99.6 cm³/mol. The number of amides is 1. The number of halogens is 1. The molecule has 0 saturated carbocycles. The van der Waals surface area contributed by atoms with E-state index in [4.69, 9.17) is 4.74 Å². The first-order chi connectivity index (χ1) is 12.6. The average Bonchev–Trinajstić information content (AvgIpc) is 2.64. The average molecular weight is 351 g/mol. The van der Waals surface area contributed by atoms with E-state index in [9.17, 15) is 9.18 Å². The summed E-state index contributed by atoms with van der Waals surface area (Å²) in [5.74, 6) is -0.266. The van der Waals surface area contributed by atoms with E-state index >= 15 is 0 Å².